The maximum Gasteiger partial charge on any atom is 0.335 e. The van der Waals surface area contributed by atoms with Gasteiger partial charge in [0.05, 0.1) is 4.90 Å². The number of sulfonamides is 1. The van der Waals surface area contributed by atoms with E-state index in [1.165, 1.54) is 0 Å². The number of benzene rings is 1. The van der Waals surface area contributed by atoms with Crippen molar-refractivity contribution in [2.24, 2.45) is 17.3 Å². The average molecular weight is 507 g/mol. The van der Waals surface area contributed by atoms with Gasteiger partial charge in [0.2, 0.25) is 10.0 Å². The maximum atomic E-state index is 13.0. The minimum Gasteiger partial charge on any atom is -0.479 e. The Morgan fingerprint density at radius 2 is 1.55 bits per heavy atom. The summed E-state index contributed by atoms with van der Waals surface area (Å²) in [5, 5.41) is 33.0. The summed E-state index contributed by atoms with van der Waals surface area (Å²) in [7, 11) is -3.47. The molecule has 10 nitrogen and oxygen atoms in total. The number of fused-ring (bicyclic) bond motifs is 2. The zero-order valence-electron chi connectivity index (χ0n) is 18.8. The molecule has 4 N–H and O–H groups in total. The van der Waals surface area contributed by atoms with E-state index in [2.05, 4.69) is 25.7 Å². The molecule has 33 heavy (non-hydrogen) atoms. The summed E-state index contributed by atoms with van der Waals surface area (Å²) in [4.78, 5) is 22.3. The molecule has 3 rings (SSSR count). The van der Waals surface area contributed by atoms with E-state index >= 15 is 0 Å². The summed E-state index contributed by atoms with van der Waals surface area (Å²) in [5.41, 5.74) is 0.187. The van der Waals surface area contributed by atoms with E-state index in [-0.39, 0.29) is 5.41 Å². The summed E-state index contributed by atoms with van der Waals surface area (Å²) in [6, 6.07) is 6.58. The largest absolute Gasteiger partial charge is 0.479 e. The number of aliphatic hydroxyl groups excluding tert-OH is 2. The molecule has 2 aliphatic heterocycles. The SMILES string of the molecule is CCN1CC2CN(S(=O)(=O)c3cccc(Cl)c3)CC(C1)C2(C)C.O=C(O)[C@H](O)[C@@H](O)C(=O)O. The predicted octanol–water partition coefficient (Wildman–Crippen LogP) is 0.816. The highest BCUT2D eigenvalue weighted by molar-refractivity contribution is 7.89. The zero-order valence-corrected chi connectivity index (χ0v) is 20.3. The van der Waals surface area contributed by atoms with E-state index in [4.69, 9.17) is 32.0 Å². The van der Waals surface area contributed by atoms with E-state index in [9.17, 15) is 18.0 Å². The zero-order chi connectivity index (χ0) is 25.1. The number of nitrogens with zero attached hydrogens (tertiary/aromatic N) is 2. The minimum absolute atomic E-state index is 0.187. The van der Waals surface area contributed by atoms with Crippen molar-refractivity contribution in [3.63, 3.8) is 0 Å². The Bertz CT molecular complexity index is 935. The fraction of sp³-hybridized carbons (Fsp3) is 0.619. The normalized spacial score (nSPS) is 24.8. The first-order valence-electron chi connectivity index (χ1n) is 10.5. The number of piperidine rings is 2. The van der Waals surface area contributed by atoms with Crippen molar-refractivity contribution in [3.8, 4) is 0 Å². The number of hydrogen-bond donors (Lipinski definition) is 4. The second kappa shape index (κ2) is 10.7. The van der Waals surface area contributed by atoms with Crippen LogP contribution in [0.25, 0.3) is 0 Å². The fourth-order valence-electron chi connectivity index (χ4n) is 4.16. The van der Waals surface area contributed by atoms with Crippen LogP contribution in [0.15, 0.2) is 29.2 Å². The molecule has 2 heterocycles. The molecule has 0 radical (unpaired) electrons. The fourth-order valence-corrected chi connectivity index (χ4v) is 5.99. The Labute approximate surface area is 198 Å². The molecule has 2 bridgehead atoms. The van der Waals surface area contributed by atoms with Crippen molar-refractivity contribution in [3.05, 3.63) is 29.3 Å². The third-order valence-electron chi connectivity index (χ3n) is 6.60. The maximum absolute atomic E-state index is 13.0. The Balaban J connectivity index is 0.000000328. The van der Waals surface area contributed by atoms with Gasteiger partial charge in [-0.1, -0.05) is 38.4 Å². The van der Waals surface area contributed by atoms with Crippen LogP contribution in [-0.4, -0.2) is 94.9 Å². The molecule has 1 aromatic rings. The molecular formula is C21H31ClN2O8S. The second-order valence-electron chi connectivity index (χ2n) is 8.91. The number of aliphatic carboxylic acids is 2. The van der Waals surface area contributed by atoms with Gasteiger partial charge in [-0.3, -0.25) is 0 Å². The minimum atomic E-state index is -3.47. The number of hydrogen-bond acceptors (Lipinski definition) is 7. The molecule has 2 fully saturated rings. The highest BCUT2D eigenvalue weighted by atomic mass is 35.5. The van der Waals surface area contributed by atoms with Crippen LogP contribution in [0, 0.1) is 17.3 Å². The van der Waals surface area contributed by atoms with E-state index in [1.54, 1.807) is 28.6 Å². The first-order valence-corrected chi connectivity index (χ1v) is 12.3. The quantitative estimate of drug-likeness (QED) is 0.438. The number of carboxylic acid groups (broad SMARTS) is 2. The van der Waals surface area contributed by atoms with Gasteiger partial charge in [-0.05, 0) is 42.0 Å². The van der Waals surface area contributed by atoms with Crippen LogP contribution in [-0.2, 0) is 19.6 Å². The number of carboxylic acids is 2. The summed E-state index contributed by atoms with van der Waals surface area (Å²) in [5.74, 6) is -2.81. The van der Waals surface area contributed by atoms with Gasteiger partial charge in [0, 0.05) is 31.2 Å². The van der Waals surface area contributed by atoms with Crippen LogP contribution in [0.4, 0.5) is 0 Å². The topological polar surface area (TPSA) is 156 Å². The average Bonchev–Trinajstić information content (AvgIpc) is 2.72. The van der Waals surface area contributed by atoms with Gasteiger partial charge < -0.3 is 25.3 Å². The lowest BCUT2D eigenvalue weighted by atomic mass is 9.64. The number of likely N-dealkylation sites (tertiary alicyclic amines) is 1. The molecule has 0 aromatic heterocycles. The first-order chi connectivity index (χ1) is 15.2. The molecule has 2 aliphatic rings. The molecule has 0 spiro atoms. The third kappa shape index (κ3) is 6.23. The van der Waals surface area contributed by atoms with Crippen LogP contribution in [0.2, 0.25) is 5.02 Å². The predicted molar refractivity (Wildman–Crippen MR) is 120 cm³/mol. The highest BCUT2D eigenvalue weighted by Crippen LogP contribution is 2.45. The summed E-state index contributed by atoms with van der Waals surface area (Å²) < 4.78 is 27.6. The van der Waals surface area contributed by atoms with Crippen LogP contribution in [0.3, 0.4) is 0 Å². The Hall–Kier alpha value is -1.76. The van der Waals surface area contributed by atoms with Gasteiger partial charge in [-0.25, -0.2) is 18.0 Å². The second-order valence-corrected chi connectivity index (χ2v) is 11.3. The summed E-state index contributed by atoms with van der Waals surface area (Å²) in [6.07, 6.45) is -4.53. The van der Waals surface area contributed by atoms with Crippen LogP contribution in [0.1, 0.15) is 20.8 Å². The molecule has 186 valence electrons. The molecule has 2 unspecified atom stereocenters. The van der Waals surface area contributed by atoms with E-state index < -0.39 is 34.2 Å². The molecule has 1 aromatic carbocycles. The molecule has 0 saturated carbocycles. The molecule has 4 atom stereocenters. The third-order valence-corrected chi connectivity index (χ3v) is 8.66. The lowest BCUT2D eigenvalue weighted by Gasteiger charge is -2.55. The number of halogens is 1. The van der Waals surface area contributed by atoms with Gasteiger partial charge in [-0.15, -0.1) is 0 Å². The van der Waals surface area contributed by atoms with E-state index in [0.717, 1.165) is 19.6 Å². The molecule has 12 heteroatoms. The van der Waals surface area contributed by atoms with Crippen LogP contribution >= 0.6 is 11.6 Å². The van der Waals surface area contributed by atoms with Crippen molar-refractivity contribution >= 4 is 33.6 Å². The molecule has 2 saturated heterocycles. The number of carbonyl (C=O) groups is 2. The number of rotatable bonds is 6. The van der Waals surface area contributed by atoms with E-state index in [1.807, 2.05) is 0 Å². The van der Waals surface area contributed by atoms with Gasteiger partial charge in [0.25, 0.3) is 0 Å². The lowest BCUT2D eigenvalue weighted by molar-refractivity contribution is -0.165. The van der Waals surface area contributed by atoms with Crippen molar-refractivity contribution < 1.29 is 38.4 Å². The van der Waals surface area contributed by atoms with Crippen LogP contribution < -0.4 is 0 Å². The van der Waals surface area contributed by atoms with Gasteiger partial charge in [0.15, 0.2) is 12.2 Å². The van der Waals surface area contributed by atoms with Gasteiger partial charge in [-0.2, -0.15) is 4.31 Å². The standard InChI is InChI=1S/C17H25ClN2O2S.C4H6O6/c1-4-19-9-13-11-20(12-14(10-19)17(13,2)3)23(21,22)16-7-5-6-15(18)8-16;5-1(3(7)8)2(6)4(9)10/h5-8,13-14H,4,9-12H2,1-3H3;1-2,5-6H,(H,7,8)(H,9,10)/t;1-,2-/m.1/s1. The van der Waals surface area contributed by atoms with Crippen molar-refractivity contribution in [1.29, 1.82) is 0 Å². The monoisotopic (exact) mass is 506 g/mol. The molecule has 0 amide bonds. The van der Waals surface area contributed by atoms with Gasteiger partial charge in [0.1, 0.15) is 0 Å². The Morgan fingerprint density at radius 1 is 1.06 bits per heavy atom. The summed E-state index contributed by atoms with van der Waals surface area (Å²) in [6.45, 7) is 10.9. The van der Waals surface area contributed by atoms with Gasteiger partial charge >= 0.3 is 11.9 Å². The van der Waals surface area contributed by atoms with Crippen molar-refractivity contribution in [2.45, 2.75) is 37.9 Å². The Kier molecular flexibility index (Phi) is 8.88. The van der Waals surface area contributed by atoms with Crippen molar-refractivity contribution in [1.82, 2.24) is 9.21 Å². The lowest BCUT2D eigenvalue weighted by Crippen LogP contribution is -2.62. The van der Waals surface area contributed by atoms with Crippen LogP contribution in [0.5, 0.6) is 0 Å². The first kappa shape index (κ1) is 27.5. The highest BCUT2D eigenvalue weighted by Gasteiger charge is 2.49. The number of aliphatic hydroxyl groups is 2. The Morgan fingerprint density at radius 3 is 1.94 bits per heavy atom. The van der Waals surface area contributed by atoms with Crippen molar-refractivity contribution in [2.75, 3.05) is 32.7 Å². The molecular weight excluding hydrogens is 476 g/mol. The molecule has 0 aliphatic carbocycles. The summed E-state index contributed by atoms with van der Waals surface area (Å²) >= 11 is 5.98. The van der Waals surface area contributed by atoms with E-state index in [0.29, 0.717) is 34.8 Å². The smallest absolute Gasteiger partial charge is 0.335 e.